The predicted molar refractivity (Wildman–Crippen MR) is 220 cm³/mol. The number of aryl methyl sites for hydroxylation is 2. The van der Waals surface area contributed by atoms with E-state index in [1.165, 1.54) is 33.8 Å². The SMILES string of the molecule is Cc1c(-c2cc(N3C(=O)C4CC5C(=CCC6C(=O)N(c7cccc(C(=O)O)c7)C(=O)C65)C(c5c(O)ccc6ccccc56)C4(C)C3=O)n(C)n2)sc2ccc(Cl)cc12. The van der Waals surface area contributed by atoms with Gasteiger partial charge >= 0.3 is 5.97 Å². The number of imide groups is 2. The van der Waals surface area contributed by atoms with Gasteiger partial charge in [0.2, 0.25) is 23.6 Å². The van der Waals surface area contributed by atoms with Gasteiger partial charge in [-0.1, -0.05) is 59.6 Å². The third-order valence-corrected chi connectivity index (χ3v) is 14.6. The van der Waals surface area contributed by atoms with Crippen LogP contribution in [-0.4, -0.2) is 49.6 Å². The van der Waals surface area contributed by atoms with Crippen molar-refractivity contribution in [2.75, 3.05) is 9.80 Å². The number of thiophene rings is 1. The summed E-state index contributed by atoms with van der Waals surface area (Å²) in [6.45, 7) is 3.78. The number of aromatic carboxylic acids is 1. The number of phenolic OH excluding ortho intramolecular Hbond substituents is 1. The van der Waals surface area contributed by atoms with Gasteiger partial charge in [0.1, 0.15) is 17.3 Å². The van der Waals surface area contributed by atoms with Gasteiger partial charge < -0.3 is 10.2 Å². The van der Waals surface area contributed by atoms with Gasteiger partial charge in [-0.05, 0) is 96.8 Å². The van der Waals surface area contributed by atoms with Crippen molar-refractivity contribution in [2.45, 2.75) is 32.6 Å². The molecule has 2 saturated heterocycles. The minimum atomic E-state index is -1.41. The van der Waals surface area contributed by atoms with Crippen LogP contribution >= 0.6 is 22.9 Å². The summed E-state index contributed by atoms with van der Waals surface area (Å²) in [5.74, 6) is -6.84. The number of hydrogen-bond donors (Lipinski definition) is 2. The lowest BCUT2D eigenvalue weighted by molar-refractivity contribution is -0.131. The molecule has 0 radical (unpaired) electrons. The van der Waals surface area contributed by atoms with Gasteiger partial charge in [-0.25, -0.2) is 9.69 Å². The molecule has 6 unspecified atom stereocenters. The van der Waals surface area contributed by atoms with Crippen LogP contribution in [0.3, 0.4) is 0 Å². The Labute approximate surface area is 340 Å². The number of nitrogens with zero attached hydrogens (tertiary/aromatic N) is 4. The lowest BCUT2D eigenvalue weighted by atomic mass is 9.51. The number of hydrogen-bond acceptors (Lipinski definition) is 8. The van der Waals surface area contributed by atoms with Crippen molar-refractivity contribution < 1.29 is 34.2 Å². The van der Waals surface area contributed by atoms with E-state index in [9.17, 15) is 24.6 Å². The Morgan fingerprint density at radius 3 is 2.48 bits per heavy atom. The number of anilines is 2. The fourth-order valence-electron chi connectivity index (χ4n) is 10.4. The highest BCUT2D eigenvalue weighted by Crippen LogP contribution is 2.65. The monoisotopic (exact) mass is 810 g/mol. The lowest BCUT2D eigenvalue weighted by Gasteiger charge is -2.49. The van der Waals surface area contributed by atoms with Crippen LogP contribution in [0, 0.1) is 36.0 Å². The standard InChI is InChI=1S/C45H35ClN4O7S/c1-21-29-18-24(46)12-16-34(29)58-39(21)32-20-35(48(3)47-32)50-41(53)31-19-30-27(38(45(31,2)44(50)57)37-26-10-5-4-7-22(26)11-15-33(37)51)13-14-28-36(30)42(54)49(40(28)52)25-9-6-8-23(17-25)43(55)56/h4-13,15-18,20,28,30-31,36,38,51H,14,19H2,1-3H3,(H,55,56). The molecule has 6 atom stereocenters. The number of rotatable bonds is 5. The molecule has 4 aromatic carbocycles. The van der Waals surface area contributed by atoms with Crippen LogP contribution < -0.4 is 9.80 Å². The van der Waals surface area contributed by atoms with E-state index < -0.39 is 64.6 Å². The van der Waals surface area contributed by atoms with Gasteiger partial charge in [0, 0.05) is 34.3 Å². The first-order valence-electron chi connectivity index (χ1n) is 19.0. The number of benzene rings is 4. The number of carboxylic acids is 1. The Balaban J connectivity index is 1.12. The first kappa shape index (κ1) is 36.2. The number of carboxylic acid groups (broad SMARTS) is 1. The average molecular weight is 811 g/mol. The smallest absolute Gasteiger partial charge is 0.335 e. The minimum Gasteiger partial charge on any atom is -0.508 e. The molecule has 4 amide bonds. The number of fused-ring (bicyclic) bond motifs is 6. The second kappa shape index (κ2) is 12.7. The van der Waals surface area contributed by atoms with E-state index in [4.69, 9.17) is 16.7 Å². The molecule has 4 heterocycles. The molecule has 2 aromatic heterocycles. The molecule has 4 aliphatic rings. The Bertz CT molecular complexity index is 2900. The lowest BCUT2D eigenvalue weighted by Crippen LogP contribution is -2.49. The summed E-state index contributed by atoms with van der Waals surface area (Å²) in [5.41, 5.74) is 1.47. The molecule has 10 rings (SSSR count). The number of halogens is 1. The third-order valence-electron chi connectivity index (χ3n) is 13.1. The zero-order chi connectivity index (χ0) is 40.5. The summed E-state index contributed by atoms with van der Waals surface area (Å²) in [7, 11) is 1.70. The molecule has 1 saturated carbocycles. The van der Waals surface area contributed by atoms with Crippen molar-refractivity contribution in [3.8, 4) is 16.3 Å². The van der Waals surface area contributed by atoms with E-state index >= 15 is 9.59 Å². The van der Waals surface area contributed by atoms with Gasteiger partial charge in [-0.15, -0.1) is 11.3 Å². The highest BCUT2D eigenvalue weighted by Gasteiger charge is 2.68. The quantitative estimate of drug-likeness (QED) is 0.131. The van der Waals surface area contributed by atoms with E-state index in [2.05, 4.69) is 0 Å². The first-order chi connectivity index (χ1) is 27.8. The molecule has 13 heteroatoms. The number of carbonyl (C=O) groups is 5. The summed E-state index contributed by atoms with van der Waals surface area (Å²) in [4.78, 5) is 74.2. The molecule has 3 fully saturated rings. The maximum absolute atomic E-state index is 15.4. The molecule has 2 aliphatic carbocycles. The first-order valence-corrected chi connectivity index (χ1v) is 20.2. The minimum absolute atomic E-state index is 0.0462. The Morgan fingerprint density at radius 2 is 1.69 bits per heavy atom. The van der Waals surface area contributed by atoms with Crippen molar-refractivity contribution >= 4 is 84.9 Å². The largest absolute Gasteiger partial charge is 0.508 e. The number of carbonyl (C=O) groups excluding carboxylic acids is 4. The highest BCUT2D eigenvalue weighted by molar-refractivity contribution is 7.22. The predicted octanol–water partition coefficient (Wildman–Crippen LogP) is 8.26. The maximum Gasteiger partial charge on any atom is 0.335 e. The Morgan fingerprint density at radius 1 is 0.897 bits per heavy atom. The number of phenols is 1. The summed E-state index contributed by atoms with van der Waals surface area (Å²) in [5, 5.41) is 29.4. The molecule has 2 N–H and O–H groups in total. The second-order valence-corrected chi connectivity index (χ2v) is 17.4. The number of aromatic hydroxyl groups is 1. The van der Waals surface area contributed by atoms with Crippen molar-refractivity contribution in [2.24, 2.45) is 36.1 Å². The zero-order valence-electron chi connectivity index (χ0n) is 31.5. The fraction of sp³-hybridized carbons (Fsp3) is 0.244. The van der Waals surface area contributed by atoms with Crippen LogP contribution in [0.1, 0.15) is 47.2 Å². The summed E-state index contributed by atoms with van der Waals surface area (Å²) < 4.78 is 2.56. The molecule has 290 valence electrons. The topological polar surface area (TPSA) is 150 Å². The fourth-order valence-corrected chi connectivity index (χ4v) is 11.7. The van der Waals surface area contributed by atoms with Gasteiger partial charge in [-0.2, -0.15) is 5.10 Å². The van der Waals surface area contributed by atoms with Crippen molar-refractivity contribution in [1.82, 2.24) is 9.78 Å². The molecular formula is C45H35ClN4O7S. The van der Waals surface area contributed by atoms with E-state index in [0.717, 1.165) is 36.4 Å². The van der Waals surface area contributed by atoms with Crippen LogP contribution in [0.5, 0.6) is 5.75 Å². The van der Waals surface area contributed by atoms with E-state index in [0.29, 0.717) is 27.5 Å². The molecule has 11 nitrogen and oxygen atoms in total. The van der Waals surface area contributed by atoms with Crippen LogP contribution in [-0.2, 0) is 26.2 Å². The molecule has 6 aromatic rings. The zero-order valence-corrected chi connectivity index (χ0v) is 33.0. The number of allylic oxidation sites excluding steroid dienone is 2. The normalized spacial score (nSPS) is 25.4. The van der Waals surface area contributed by atoms with Crippen LogP contribution in [0.15, 0.2) is 96.6 Å². The molecule has 0 bridgehead atoms. The average Bonchev–Trinajstić information content (AvgIpc) is 3.88. The van der Waals surface area contributed by atoms with Crippen molar-refractivity contribution in [3.63, 3.8) is 0 Å². The van der Waals surface area contributed by atoms with E-state index in [1.807, 2.05) is 55.5 Å². The highest BCUT2D eigenvalue weighted by atomic mass is 35.5. The third kappa shape index (κ3) is 4.91. The van der Waals surface area contributed by atoms with Crippen molar-refractivity contribution in [3.05, 3.63) is 118 Å². The second-order valence-electron chi connectivity index (χ2n) is 16.0. The maximum atomic E-state index is 15.4. The van der Waals surface area contributed by atoms with Crippen LogP contribution in [0.2, 0.25) is 5.02 Å². The molecule has 2 aliphatic heterocycles. The van der Waals surface area contributed by atoms with Gasteiger partial charge in [-0.3, -0.25) is 28.8 Å². The molecule has 58 heavy (non-hydrogen) atoms. The van der Waals surface area contributed by atoms with Gasteiger partial charge in [0.15, 0.2) is 0 Å². The molecule has 0 spiro atoms. The number of aromatic nitrogens is 2. The van der Waals surface area contributed by atoms with E-state index in [1.54, 1.807) is 43.5 Å². The summed E-state index contributed by atoms with van der Waals surface area (Å²) in [6.07, 6.45) is 2.23. The van der Waals surface area contributed by atoms with Crippen LogP contribution in [0.4, 0.5) is 11.5 Å². The van der Waals surface area contributed by atoms with E-state index in [-0.39, 0.29) is 29.8 Å². The van der Waals surface area contributed by atoms with Gasteiger partial charge in [0.05, 0.1) is 39.3 Å². The van der Waals surface area contributed by atoms with Crippen LogP contribution in [0.25, 0.3) is 31.4 Å². The summed E-state index contributed by atoms with van der Waals surface area (Å²) in [6, 6.07) is 24.1. The van der Waals surface area contributed by atoms with Gasteiger partial charge in [0.25, 0.3) is 0 Å². The number of amides is 4. The van der Waals surface area contributed by atoms with Crippen molar-refractivity contribution in [1.29, 1.82) is 0 Å². The Hall–Kier alpha value is -6.11. The molecular weight excluding hydrogens is 776 g/mol. The summed E-state index contributed by atoms with van der Waals surface area (Å²) >= 11 is 7.88. The Kier molecular flexibility index (Phi) is 7.93.